The van der Waals surface area contributed by atoms with Gasteiger partial charge in [0.15, 0.2) is 0 Å². The third-order valence-corrected chi connectivity index (χ3v) is 2.32. The van der Waals surface area contributed by atoms with E-state index in [1.165, 1.54) is 12.0 Å². The first-order chi connectivity index (χ1) is 8.01. The van der Waals surface area contributed by atoms with Crippen molar-refractivity contribution in [3.63, 3.8) is 0 Å². The van der Waals surface area contributed by atoms with Gasteiger partial charge in [-0.2, -0.15) is 5.26 Å². The van der Waals surface area contributed by atoms with Crippen LogP contribution in [0.15, 0.2) is 0 Å². The summed E-state index contributed by atoms with van der Waals surface area (Å²) in [5.41, 5.74) is 0. The van der Waals surface area contributed by atoms with E-state index >= 15 is 0 Å². The van der Waals surface area contributed by atoms with Crippen LogP contribution in [0.1, 0.15) is 12.8 Å². The van der Waals surface area contributed by atoms with E-state index < -0.39 is 0 Å². The second kappa shape index (κ2) is 8.53. The van der Waals surface area contributed by atoms with E-state index in [0.29, 0.717) is 19.5 Å². The first kappa shape index (κ1) is 15.4. The van der Waals surface area contributed by atoms with Crippen LogP contribution in [0.25, 0.3) is 0 Å². The van der Waals surface area contributed by atoms with Crippen molar-refractivity contribution in [2.24, 2.45) is 0 Å². The smallest absolute Gasteiger partial charge is 0.306 e. The normalized spacial score (nSPS) is 9.82. The van der Waals surface area contributed by atoms with Gasteiger partial charge in [0.1, 0.15) is 0 Å². The van der Waals surface area contributed by atoms with E-state index in [2.05, 4.69) is 4.74 Å². The molecular formula is C11H19N3O3. The number of amides is 1. The summed E-state index contributed by atoms with van der Waals surface area (Å²) in [5, 5.41) is 8.40. The van der Waals surface area contributed by atoms with Gasteiger partial charge in [-0.1, -0.05) is 0 Å². The molecule has 0 aromatic carbocycles. The number of methoxy groups -OCH3 is 1. The molecule has 0 radical (unpaired) electrons. The van der Waals surface area contributed by atoms with Gasteiger partial charge < -0.3 is 9.64 Å². The topological polar surface area (TPSA) is 73.6 Å². The van der Waals surface area contributed by atoms with Crippen molar-refractivity contribution in [1.82, 2.24) is 9.80 Å². The molecule has 0 rings (SSSR count). The average molecular weight is 241 g/mol. The molecule has 0 spiro atoms. The van der Waals surface area contributed by atoms with Crippen LogP contribution in [-0.2, 0) is 14.3 Å². The molecule has 0 bridgehead atoms. The van der Waals surface area contributed by atoms with Gasteiger partial charge in [0.05, 0.1) is 32.6 Å². The lowest BCUT2D eigenvalue weighted by atomic mass is 10.3. The lowest BCUT2D eigenvalue weighted by molar-refractivity contribution is -0.141. The maximum absolute atomic E-state index is 11.6. The van der Waals surface area contributed by atoms with Crippen LogP contribution in [0, 0.1) is 11.3 Å². The number of rotatable bonds is 7. The minimum absolute atomic E-state index is 0.0624. The lowest BCUT2D eigenvalue weighted by Gasteiger charge is -2.20. The Morgan fingerprint density at radius 3 is 2.47 bits per heavy atom. The summed E-state index contributed by atoms with van der Waals surface area (Å²) in [4.78, 5) is 25.8. The Balaban J connectivity index is 3.87. The zero-order valence-electron chi connectivity index (χ0n) is 10.6. The predicted octanol–water partition coefficient (Wildman–Crippen LogP) is -0.147. The van der Waals surface area contributed by atoms with Crippen molar-refractivity contribution in [2.45, 2.75) is 12.8 Å². The number of esters is 1. The van der Waals surface area contributed by atoms with Gasteiger partial charge in [0.25, 0.3) is 0 Å². The number of ether oxygens (including phenoxy) is 1. The SMILES string of the molecule is COC(=O)CCN(C)CC(=O)N(C)CCC#N. The number of likely N-dealkylation sites (N-methyl/N-ethyl adjacent to an activating group) is 2. The molecule has 1 amide bonds. The molecule has 17 heavy (non-hydrogen) atoms. The molecule has 0 fully saturated rings. The summed E-state index contributed by atoms with van der Waals surface area (Å²) < 4.78 is 4.51. The maximum atomic E-state index is 11.6. The summed E-state index contributed by atoms with van der Waals surface area (Å²) in [7, 11) is 4.76. The van der Waals surface area contributed by atoms with Crippen LogP contribution >= 0.6 is 0 Å². The maximum Gasteiger partial charge on any atom is 0.306 e. The molecule has 96 valence electrons. The van der Waals surface area contributed by atoms with Gasteiger partial charge in [0, 0.05) is 20.1 Å². The highest BCUT2D eigenvalue weighted by Crippen LogP contribution is 1.94. The van der Waals surface area contributed by atoms with Crippen LogP contribution in [-0.4, -0.2) is 62.5 Å². The Hall–Kier alpha value is -1.61. The summed E-state index contributed by atoms with van der Waals surface area (Å²) >= 11 is 0. The Labute approximate surface area is 102 Å². The first-order valence-corrected chi connectivity index (χ1v) is 5.37. The standard InChI is InChI=1S/C11H19N3O3/c1-13(8-5-11(16)17-3)9-10(15)14(2)7-4-6-12/h4-5,7-9H2,1-3H3. The van der Waals surface area contributed by atoms with E-state index in [-0.39, 0.29) is 24.8 Å². The monoisotopic (exact) mass is 241 g/mol. The molecular weight excluding hydrogens is 222 g/mol. The molecule has 0 aliphatic rings. The van der Waals surface area contributed by atoms with Gasteiger partial charge in [-0.15, -0.1) is 0 Å². The third-order valence-electron chi connectivity index (χ3n) is 2.32. The van der Waals surface area contributed by atoms with Crippen LogP contribution in [0.2, 0.25) is 0 Å². The van der Waals surface area contributed by atoms with Gasteiger partial charge in [-0.05, 0) is 7.05 Å². The number of carbonyl (C=O) groups is 2. The highest BCUT2D eigenvalue weighted by molar-refractivity contribution is 5.78. The van der Waals surface area contributed by atoms with Crippen molar-refractivity contribution >= 4 is 11.9 Å². The number of hydrogen-bond acceptors (Lipinski definition) is 5. The average Bonchev–Trinajstić information content (AvgIpc) is 2.32. The summed E-state index contributed by atoms with van der Waals surface area (Å²) in [6.07, 6.45) is 0.594. The highest BCUT2D eigenvalue weighted by Gasteiger charge is 2.12. The molecule has 0 saturated heterocycles. The minimum Gasteiger partial charge on any atom is -0.469 e. The molecule has 0 saturated carbocycles. The molecule has 6 nitrogen and oxygen atoms in total. The number of carbonyl (C=O) groups excluding carboxylic acids is 2. The van der Waals surface area contributed by atoms with Gasteiger partial charge in [-0.3, -0.25) is 14.5 Å². The van der Waals surface area contributed by atoms with Crippen molar-refractivity contribution < 1.29 is 14.3 Å². The van der Waals surface area contributed by atoms with Gasteiger partial charge in [-0.25, -0.2) is 0 Å². The van der Waals surface area contributed by atoms with Crippen LogP contribution in [0.4, 0.5) is 0 Å². The summed E-state index contributed by atoms with van der Waals surface area (Å²) in [5.74, 6) is -0.352. The quantitative estimate of drug-likeness (QED) is 0.580. The Kier molecular flexibility index (Phi) is 7.72. The van der Waals surface area contributed by atoms with Crippen molar-refractivity contribution in [3.8, 4) is 6.07 Å². The van der Waals surface area contributed by atoms with Crippen molar-refractivity contribution in [2.75, 3.05) is 40.8 Å². The zero-order chi connectivity index (χ0) is 13.3. The third kappa shape index (κ3) is 7.30. The van der Waals surface area contributed by atoms with Crippen LogP contribution in [0.3, 0.4) is 0 Å². The summed E-state index contributed by atoms with van der Waals surface area (Å²) in [6.45, 7) is 1.14. The lowest BCUT2D eigenvalue weighted by Crippen LogP contribution is -2.37. The van der Waals surface area contributed by atoms with E-state index in [1.807, 2.05) is 6.07 Å². The second-order valence-electron chi connectivity index (χ2n) is 3.79. The molecule has 0 aromatic heterocycles. The Bertz CT molecular complexity index is 299. The highest BCUT2D eigenvalue weighted by atomic mass is 16.5. The van der Waals surface area contributed by atoms with Crippen LogP contribution < -0.4 is 0 Å². The Morgan fingerprint density at radius 2 is 1.94 bits per heavy atom. The molecule has 0 heterocycles. The fourth-order valence-corrected chi connectivity index (χ4v) is 1.16. The van der Waals surface area contributed by atoms with Gasteiger partial charge in [0.2, 0.25) is 5.91 Å². The zero-order valence-corrected chi connectivity index (χ0v) is 10.6. The first-order valence-electron chi connectivity index (χ1n) is 5.37. The second-order valence-corrected chi connectivity index (χ2v) is 3.79. The number of hydrogen-bond donors (Lipinski definition) is 0. The Morgan fingerprint density at radius 1 is 1.29 bits per heavy atom. The van der Waals surface area contributed by atoms with Crippen molar-refractivity contribution in [1.29, 1.82) is 5.26 Å². The van der Waals surface area contributed by atoms with Crippen LogP contribution in [0.5, 0.6) is 0 Å². The molecule has 0 aromatic rings. The van der Waals surface area contributed by atoms with E-state index in [0.717, 1.165) is 0 Å². The largest absolute Gasteiger partial charge is 0.469 e. The molecule has 0 unspecified atom stereocenters. The fourth-order valence-electron chi connectivity index (χ4n) is 1.16. The van der Waals surface area contributed by atoms with Gasteiger partial charge >= 0.3 is 5.97 Å². The van der Waals surface area contributed by atoms with E-state index in [4.69, 9.17) is 5.26 Å². The van der Waals surface area contributed by atoms with E-state index in [1.54, 1.807) is 19.0 Å². The summed E-state index contributed by atoms with van der Waals surface area (Å²) in [6, 6.07) is 1.99. The predicted molar refractivity (Wildman–Crippen MR) is 62.0 cm³/mol. The number of nitrogens with zero attached hydrogens (tertiary/aromatic N) is 3. The number of nitriles is 1. The molecule has 0 N–H and O–H groups in total. The molecule has 0 atom stereocenters. The fraction of sp³-hybridized carbons (Fsp3) is 0.727. The molecule has 0 aliphatic heterocycles. The minimum atomic E-state index is -0.290. The molecule has 6 heteroatoms. The van der Waals surface area contributed by atoms with Crippen molar-refractivity contribution in [3.05, 3.63) is 0 Å². The molecule has 0 aliphatic carbocycles. The van der Waals surface area contributed by atoms with E-state index in [9.17, 15) is 9.59 Å².